The zero-order chi connectivity index (χ0) is 40.7. The molecule has 0 spiro atoms. The lowest BCUT2D eigenvalue weighted by atomic mass is 9.62. The number of aromatic nitrogens is 2. The average molecular weight is 777 g/mol. The van der Waals surface area contributed by atoms with Gasteiger partial charge in [-0.3, -0.25) is 19.6 Å². The van der Waals surface area contributed by atoms with Crippen LogP contribution in [0.4, 0.5) is 9.59 Å². The van der Waals surface area contributed by atoms with E-state index in [4.69, 9.17) is 9.47 Å². The summed E-state index contributed by atoms with van der Waals surface area (Å²) in [5, 5.41) is 5.95. The lowest BCUT2D eigenvalue weighted by Gasteiger charge is -2.46. The maximum absolute atomic E-state index is 13.2. The molecule has 1 aliphatic carbocycles. The number of Topliss-reactive ketones (excluding diaryl/α,β-unsaturated/α-hetero) is 2. The number of ketones is 2. The van der Waals surface area contributed by atoms with Gasteiger partial charge >= 0.3 is 12.2 Å². The molecule has 2 aromatic rings. The Morgan fingerprint density at radius 3 is 1.52 bits per heavy atom. The van der Waals surface area contributed by atoms with Crippen LogP contribution >= 0.6 is 0 Å². The first-order chi connectivity index (χ1) is 26.9. The summed E-state index contributed by atoms with van der Waals surface area (Å²) in [4.78, 5) is 60.7. The quantitative estimate of drug-likeness (QED) is 0.0676. The molecule has 0 radical (unpaired) electrons. The van der Waals surface area contributed by atoms with Crippen LogP contribution in [0.5, 0.6) is 11.5 Å². The van der Waals surface area contributed by atoms with Crippen LogP contribution in [0.25, 0.3) is 0 Å². The van der Waals surface area contributed by atoms with Crippen molar-refractivity contribution in [2.75, 3.05) is 6.54 Å². The van der Waals surface area contributed by atoms with Gasteiger partial charge in [0.1, 0.15) is 11.5 Å². The number of nitrogens with one attached hydrogen (secondary N) is 2. The van der Waals surface area contributed by atoms with Gasteiger partial charge in [0.15, 0.2) is 11.6 Å². The van der Waals surface area contributed by atoms with Crippen molar-refractivity contribution in [3.8, 4) is 11.5 Å². The summed E-state index contributed by atoms with van der Waals surface area (Å²) in [6.07, 6.45) is 28.7. The van der Waals surface area contributed by atoms with Gasteiger partial charge in [-0.2, -0.15) is 0 Å². The van der Waals surface area contributed by atoms with Crippen molar-refractivity contribution in [3.63, 3.8) is 0 Å². The Kier molecular flexibility index (Phi) is 21.1. The third-order valence-electron chi connectivity index (χ3n) is 11.0. The van der Waals surface area contributed by atoms with Gasteiger partial charge in [0.2, 0.25) is 0 Å². The van der Waals surface area contributed by atoms with E-state index in [0.717, 1.165) is 51.4 Å². The molecule has 2 N–H and O–H groups in total. The standard InChI is InChI=1S/C46H72N4O6/c1-6-8-10-12-14-16-18-20-22-24-39(51)37-32-47-28-26-41(37)55-43(53)49-35-46(5)31-36(30-45(3,4)34-46)50-44(54)56-42-27-29-48-33-38(42)40(52)25-23-21-19-17-15-13-11-9-7-2/h26-29,32-33,36H,6-25,30-31,34-35H2,1-5H3,(H,49,53)(H,50,54). The van der Waals surface area contributed by atoms with Crippen molar-refractivity contribution in [1.29, 1.82) is 0 Å². The van der Waals surface area contributed by atoms with E-state index in [1.807, 2.05) is 0 Å². The fourth-order valence-electron chi connectivity index (χ4n) is 8.41. The molecule has 0 bridgehead atoms. The Bertz CT molecular complexity index is 1500. The number of carbonyl (C=O) groups excluding carboxylic acids is 4. The predicted molar refractivity (Wildman–Crippen MR) is 224 cm³/mol. The number of hydrogen-bond acceptors (Lipinski definition) is 8. The molecule has 10 heteroatoms. The molecule has 0 aromatic carbocycles. The van der Waals surface area contributed by atoms with Crippen molar-refractivity contribution >= 4 is 23.8 Å². The molecule has 0 saturated heterocycles. The van der Waals surface area contributed by atoms with E-state index in [-0.39, 0.29) is 39.9 Å². The van der Waals surface area contributed by atoms with Gasteiger partial charge in [-0.05, 0) is 42.9 Å². The second kappa shape index (κ2) is 25.4. The first-order valence-electron chi connectivity index (χ1n) is 21.8. The normalized spacial score (nSPS) is 17.6. The average Bonchev–Trinajstić information content (AvgIpc) is 3.15. The molecule has 10 nitrogen and oxygen atoms in total. The van der Waals surface area contributed by atoms with E-state index in [2.05, 4.69) is 55.2 Å². The molecule has 312 valence electrons. The first kappa shape index (κ1) is 46.6. The molecule has 0 aliphatic heterocycles. The number of nitrogens with zero attached hydrogens (tertiary/aromatic N) is 2. The van der Waals surface area contributed by atoms with Crippen LogP contribution in [0.15, 0.2) is 36.9 Å². The highest BCUT2D eigenvalue weighted by molar-refractivity contribution is 5.99. The summed E-state index contributed by atoms with van der Waals surface area (Å²) in [5.74, 6) is 0.266. The Labute approximate surface area is 337 Å². The molecular weight excluding hydrogens is 705 g/mol. The number of pyridine rings is 2. The van der Waals surface area contributed by atoms with E-state index in [0.29, 0.717) is 36.9 Å². The lowest BCUT2D eigenvalue weighted by molar-refractivity contribution is 0.0700. The summed E-state index contributed by atoms with van der Waals surface area (Å²) in [6, 6.07) is 2.90. The zero-order valence-electron chi connectivity index (χ0n) is 35.4. The highest BCUT2D eigenvalue weighted by atomic mass is 16.6. The number of amides is 2. The van der Waals surface area contributed by atoms with E-state index in [9.17, 15) is 19.2 Å². The number of hydrogen-bond donors (Lipinski definition) is 2. The summed E-state index contributed by atoms with van der Waals surface area (Å²) < 4.78 is 11.4. The maximum atomic E-state index is 13.2. The van der Waals surface area contributed by atoms with Crippen molar-refractivity contribution in [2.24, 2.45) is 10.8 Å². The highest BCUT2D eigenvalue weighted by Gasteiger charge is 2.42. The Balaban J connectivity index is 1.46. The van der Waals surface area contributed by atoms with Crippen LogP contribution in [-0.4, -0.2) is 46.3 Å². The van der Waals surface area contributed by atoms with E-state index in [1.54, 1.807) is 12.1 Å². The molecule has 1 saturated carbocycles. The summed E-state index contributed by atoms with van der Waals surface area (Å²) in [7, 11) is 0. The summed E-state index contributed by atoms with van der Waals surface area (Å²) >= 11 is 0. The smallest absolute Gasteiger partial charge is 0.409 e. The van der Waals surface area contributed by atoms with E-state index < -0.39 is 12.2 Å². The summed E-state index contributed by atoms with van der Waals surface area (Å²) in [6.45, 7) is 11.2. The maximum Gasteiger partial charge on any atom is 0.412 e. The van der Waals surface area contributed by atoms with Gasteiger partial charge in [0.05, 0.1) is 11.1 Å². The van der Waals surface area contributed by atoms with Gasteiger partial charge in [0.25, 0.3) is 0 Å². The number of rotatable bonds is 27. The molecule has 2 heterocycles. The molecule has 1 aliphatic rings. The Morgan fingerprint density at radius 1 is 0.625 bits per heavy atom. The predicted octanol–water partition coefficient (Wildman–Crippen LogP) is 12.1. The minimum atomic E-state index is -0.640. The number of ether oxygens (including phenoxy) is 2. The highest BCUT2D eigenvalue weighted by Crippen LogP contribution is 2.46. The van der Waals surface area contributed by atoms with E-state index >= 15 is 0 Å². The topological polar surface area (TPSA) is 137 Å². The minimum absolute atomic E-state index is 0.0739. The van der Waals surface area contributed by atoms with Crippen molar-refractivity contribution in [3.05, 3.63) is 48.0 Å². The molecular formula is C46H72N4O6. The van der Waals surface area contributed by atoms with Crippen molar-refractivity contribution < 1.29 is 28.7 Å². The molecule has 2 aromatic heterocycles. The third kappa shape index (κ3) is 18.0. The van der Waals surface area contributed by atoms with Crippen LogP contribution in [0.3, 0.4) is 0 Å². The third-order valence-corrected chi connectivity index (χ3v) is 11.0. The molecule has 56 heavy (non-hydrogen) atoms. The lowest BCUT2D eigenvalue weighted by Crippen LogP contribution is -2.51. The first-order valence-corrected chi connectivity index (χ1v) is 21.8. The van der Waals surface area contributed by atoms with Crippen LogP contribution in [0.1, 0.15) is 203 Å². The number of carbonyl (C=O) groups is 4. The van der Waals surface area contributed by atoms with Gasteiger partial charge in [-0.15, -0.1) is 0 Å². The van der Waals surface area contributed by atoms with Gasteiger partial charge < -0.3 is 20.1 Å². The second-order valence-electron chi connectivity index (χ2n) is 17.3. The largest absolute Gasteiger partial charge is 0.412 e. The second-order valence-corrected chi connectivity index (χ2v) is 17.3. The molecule has 2 unspecified atom stereocenters. The fourth-order valence-corrected chi connectivity index (χ4v) is 8.41. The van der Waals surface area contributed by atoms with Crippen molar-refractivity contribution in [1.82, 2.24) is 20.6 Å². The van der Waals surface area contributed by atoms with Gasteiger partial charge in [-0.25, -0.2) is 9.59 Å². The zero-order valence-corrected chi connectivity index (χ0v) is 35.4. The monoisotopic (exact) mass is 777 g/mol. The summed E-state index contributed by atoms with van der Waals surface area (Å²) in [5.41, 5.74) is 0.140. The minimum Gasteiger partial charge on any atom is -0.409 e. The van der Waals surface area contributed by atoms with Crippen LogP contribution < -0.4 is 20.1 Å². The Morgan fingerprint density at radius 2 is 1.05 bits per heavy atom. The molecule has 1 fully saturated rings. The van der Waals surface area contributed by atoms with Crippen LogP contribution in [0, 0.1) is 10.8 Å². The van der Waals surface area contributed by atoms with E-state index in [1.165, 1.54) is 102 Å². The van der Waals surface area contributed by atoms with Gasteiger partial charge in [-0.1, -0.05) is 137 Å². The number of unbranched alkanes of at least 4 members (excludes halogenated alkanes) is 16. The van der Waals surface area contributed by atoms with Crippen LogP contribution in [-0.2, 0) is 0 Å². The van der Waals surface area contributed by atoms with Crippen LogP contribution in [0.2, 0.25) is 0 Å². The molecule has 2 atom stereocenters. The Hall–Kier alpha value is -3.82. The molecule has 2 amide bonds. The van der Waals surface area contributed by atoms with Crippen molar-refractivity contribution in [2.45, 2.75) is 188 Å². The SMILES string of the molecule is CCCCCCCCCCCC(=O)c1cnccc1OC(=O)NCC1(C)CC(NC(=O)Oc2ccncc2C(=O)CCCCCCCCCCC)CC(C)(C)C1. The van der Waals surface area contributed by atoms with Gasteiger partial charge in [0, 0.05) is 62.3 Å². The molecule has 3 rings (SSSR count). The fraction of sp³-hybridized carbons (Fsp3) is 0.696.